The van der Waals surface area contributed by atoms with Crippen molar-refractivity contribution in [3.05, 3.63) is 23.3 Å². The second-order valence-corrected chi connectivity index (χ2v) is 3.51. The van der Waals surface area contributed by atoms with Gasteiger partial charge in [-0.15, -0.1) is 0 Å². The Balaban J connectivity index is 5.15. The summed E-state index contributed by atoms with van der Waals surface area (Å²) >= 11 is 0. The molecular weight excluding hydrogens is 172 g/mol. The van der Waals surface area contributed by atoms with Crippen molar-refractivity contribution in [2.75, 3.05) is 7.05 Å². The van der Waals surface area contributed by atoms with E-state index in [-0.39, 0.29) is 0 Å². The van der Waals surface area contributed by atoms with Gasteiger partial charge in [-0.1, -0.05) is 31.6 Å². The normalized spacial score (nSPS) is 17.1. The van der Waals surface area contributed by atoms with E-state index in [9.17, 15) is 0 Å². The van der Waals surface area contributed by atoms with E-state index < -0.39 is 0 Å². The van der Waals surface area contributed by atoms with Crippen LogP contribution in [0.5, 0.6) is 0 Å². The Morgan fingerprint density at radius 3 is 2.43 bits per heavy atom. The van der Waals surface area contributed by atoms with Crippen LogP contribution < -0.4 is 5.73 Å². The molecule has 80 valence electrons. The fourth-order valence-corrected chi connectivity index (χ4v) is 1.28. The maximum atomic E-state index is 5.84. The van der Waals surface area contributed by atoms with Gasteiger partial charge in [0.15, 0.2) is 0 Å². The molecule has 0 aliphatic carbocycles. The number of hydrogen-bond donors (Lipinski definition) is 1. The summed E-state index contributed by atoms with van der Waals surface area (Å²) in [6.45, 7) is 8.51. The number of hydrogen-bond acceptors (Lipinski definition) is 1. The number of aliphatic imine (C=N–C) groups is 1. The first-order valence-corrected chi connectivity index (χ1v) is 5.14. The lowest BCUT2D eigenvalue weighted by atomic mass is 9.94. The molecule has 0 aromatic carbocycles. The molecule has 1 unspecified atom stereocenters. The molecule has 0 fully saturated rings. The van der Waals surface area contributed by atoms with E-state index in [0.717, 1.165) is 12.0 Å². The first kappa shape index (κ1) is 12.9. The highest BCUT2D eigenvalue weighted by Gasteiger charge is 2.08. The zero-order valence-corrected chi connectivity index (χ0v) is 9.96. The van der Waals surface area contributed by atoms with Crippen molar-refractivity contribution in [1.82, 2.24) is 0 Å². The van der Waals surface area contributed by atoms with Crippen molar-refractivity contribution in [2.45, 2.75) is 34.1 Å². The molecule has 0 saturated heterocycles. The van der Waals surface area contributed by atoms with Gasteiger partial charge >= 0.3 is 0 Å². The zero-order chi connectivity index (χ0) is 11.1. The molecule has 1 atom stereocenters. The lowest BCUT2D eigenvalue weighted by Gasteiger charge is -2.13. The van der Waals surface area contributed by atoms with Crippen LogP contribution >= 0.6 is 0 Å². The zero-order valence-electron chi connectivity index (χ0n) is 9.96. The maximum absolute atomic E-state index is 5.84. The molecule has 2 nitrogen and oxygen atoms in total. The molecule has 14 heavy (non-hydrogen) atoms. The number of rotatable bonds is 4. The van der Waals surface area contributed by atoms with E-state index in [1.165, 1.54) is 5.57 Å². The SMILES string of the molecule is C/C=C\C(C(N)=NC)=C(\C)C(C)CC. The molecular formula is C12H22N2. The standard InChI is InChI=1S/C12H22N2/c1-6-8-11(12(13)14-5)10(4)9(3)7-2/h6,8-9H,7H2,1-5H3,(H2,13,14)/b8-6-,11-10+. The van der Waals surface area contributed by atoms with Crippen LogP contribution in [0.25, 0.3) is 0 Å². The second kappa shape index (κ2) is 6.41. The molecule has 0 bridgehead atoms. The van der Waals surface area contributed by atoms with Gasteiger partial charge in [-0.05, 0) is 26.2 Å². The summed E-state index contributed by atoms with van der Waals surface area (Å²) in [6, 6.07) is 0. The van der Waals surface area contributed by atoms with Gasteiger partial charge in [0, 0.05) is 12.6 Å². The topological polar surface area (TPSA) is 38.4 Å². The molecule has 0 saturated carbocycles. The Morgan fingerprint density at radius 2 is 2.07 bits per heavy atom. The summed E-state index contributed by atoms with van der Waals surface area (Å²) in [6.07, 6.45) is 5.16. The smallest absolute Gasteiger partial charge is 0.125 e. The summed E-state index contributed by atoms with van der Waals surface area (Å²) in [4.78, 5) is 4.03. The summed E-state index contributed by atoms with van der Waals surface area (Å²) in [5, 5.41) is 0. The Labute approximate surface area is 87.6 Å². The molecule has 0 aliphatic rings. The highest BCUT2D eigenvalue weighted by atomic mass is 14.8. The average Bonchev–Trinajstić information content (AvgIpc) is 2.22. The van der Waals surface area contributed by atoms with E-state index in [1.54, 1.807) is 7.05 Å². The van der Waals surface area contributed by atoms with Crippen LogP contribution in [0.4, 0.5) is 0 Å². The van der Waals surface area contributed by atoms with E-state index >= 15 is 0 Å². The van der Waals surface area contributed by atoms with E-state index in [1.807, 2.05) is 19.1 Å². The lowest BCUT2D eigenvalue weighted by Crippen LogP contribution is -2.16. The van der Waals surface area contributed by atoms with Gasteiger partial charge in [0.05, 0.1) is 0 Å². The van der Waals surface area contributed by atoms with Crippen LogP contribution in [0.1, 0.15) is 34.1 Å². The molecule has 0 aliphatic heterocycles. The summed E-state index contributed by atoms with van der Waals surface area (Å²) < 4.78 is 0. The van der Waals surface area contributed by atoms with Crippen molar-refractivity contribution < 1.29 is 0 Å². The van der Waals surface area contributed by atoms with Gasteiger partial charge in [0.25, 0.3) is 0 Å². The van der Waals surface area contributed by atoms with Crippen molar-refractivity contribution in [1.29, 1.82) is 0 Å². The van der Waals surface area contributed by atoms with E-state index in [0.29, 0.717) is 11.8 Å². The van der Waals surface area contributed by atoms with Gasteiger partial charge in [0.1, 0.15) is 5.84 Å². The van der Waals surface area contributed by atoms with E-state index in [4.69, 9.17) is 5.73 Å². The van der Waals surface area contributed by atoms with Crippen LogP contribution in [0.15, 0.2) is 28.3 Å². The van der Waals surface area contributed by atoms with Gasteiger partial charge < -0.3 is 5.73 Å². The minimum atomic E-state index is 0.557. The van der Waals surface area contributed by atoms with Gasteiger partial charge in [0.2, 0.25) is 0 Å². The monoisotopic (exact) mass is 194 g/mol. The van der Waals surface area contributed by atoms with Crippen LogP contribution in [0.3, 0.4) is 0 Å². The highest BCUT2D eigenvalue weighted by molar-refractivity contribution is 6.00. The molecule has 0 radical (unpaired) electrons. The number of amidine groups is 1. The molecule has 2 heteroatoms. The van der Waals surface area contributed by atoms with Crippen molar-refractivity contribution in [3.63, 3.8) is 0 Å². The molecule has 0 spiro atoms. The fourth-order valence-electron chi connectivity index (χ4n) is 1.28. The summed E-state index contributed by atoms with van der Waals surface area (Å²) in [5.41, 5.74) is 8.22. The van der Waals surface area contributed by atoms with Crippen LogP contribution in [0.2, 0.25) is 0 Å². The van der Waals surface area contributed by atoms with Gasteiger partial charge in [-0.2, -0.15) is 0 Å². The van der Waals surface area contributed by atoms with Gasteiger partial charge in [-0.3, -0.25) is 4.99 Å². The summed E-state index contributed by atoms with van der Waals surface area (Å²) in [5.74, 6) is 1.18. The molecule has 2 N–H and O–H groups in total. The molecule has 0 heterocycles. The average molecular weight is 194 g/mol. The van der Waals surface area contributed by atoms with Crippen LogP contribution in [-0.4, -0.2) is 12.9 Å². The lowest BCUT2D eigenvalue weighted by molar-refractivity contribution is 0.653. The minimum Gasteiger partial charge on any atom is -0.384 e. The van der Waals surface area contributed by atoms with Crippen LogP contribution in [0, 0.1) is 5.92 Å². The van der Waals surface area contributed by atoms with Crippen molar-refractivity contribution in [2.24, 2.45) is 16.6 Å². The Morgan fingerprint density at radius 1 is 1.50 bits per heavy atom. The quantitative estimate of drug-likeness (QED) is 0.417. The largest absolute Gasteiger partial charge is 0.384 e. The summed E-state index contributed by atoms with van der Waals surface area (Å²) in [7, 11) is 1.72. The Hall–Kier alpha value is -1.05. The predicted octanol–water partition coefficient (Wildman–Crippen LogP) is 2.91. The predicted molar refractivity (Wildman–Crippen MR) is 64.5 cm³/mol. The minimum absolute atomic E-state index is 0.557. The third-order valence-corrected chi connectivity index (χ3v) is 2.63. The number of nitrogens with two attached hydrogens (primary N) is 1. The van der Waals surface area contributed by atoms with Crippen LogP contribution in [-0.2, 0) is 0 Å². The fraction of sp³-hybridized carbons (Fsp3) is 0.583. The molecule has 0 amide bonds. The molecule has 0 aromatic heterocycles. The second-order valence-electron chi connectivity index (χ2n) is 3.51. The number of nitrogens with zero attached hydrogens (tertiary/aromatic N) is 1. The highest BCUT2D eigenvalue weighted by Crippen LogP contribution is 2.18. The Kier molecular flexibility index (Phi) is 5.93. The first-order valence-electron chi connectivity index (χ1n) is 5.14. The van der Waals surface area contributed by atoms with Crippen molar-refractivity contribution >= 4 is 5.84 Å². The van der Waals surface area contributed by atoms with E-state index in [2.05, 4.69) is 25.8 Å². The third kappa shape index (κ3) is 3.36. The molecule has 0 aromatic rings. The maximum Gasteiger partial charge on any atom is 0.125 e. The van der Waals surface area contributed by atoms with Crippen molar-refractivity contribution in [3.8, 4) is 0 Å². The Bertz CT molecular complexity index is 259. The van der Waals surface area contributed by atoms with Gasteiger partial charge in [-0.25, -0.2) is 0 Å². The first-order chi connectivity index (χ1) is 6.58. The third-order valence-electron chi connectivity index (χ3n) is 2.63. The number of allylic oxidation sites excluding steroid dienone is 2. The molecule has 0 rings (SSSR count).